The largest absolute Gasteiger partial charge is 0.478 e. The highest BCUT2D eigenvalue weighted by atomic mass is 16.4. The lowest BCUT2D eigenvalue weighted by atomic mass is 10.1. The van der Waals surface area contributed by atoms with Crippen molar-refractivity contribution < 1.29 is 14.7 Å². The van der Waals surface area contributed by atoms with Gasteiger partial charge in [0.25, 0.3) is 0 Å². The minimum atomic E-state index is -1.08. The van der Waals surface area contributed by atoms with Gasteiger partial charge in [-0.05, 0) is 44.0 Å². The molecule has 0 fully saturated rings. The van der Waals surface area contributed by atoms with Crippen LogP contribution in [0.25, 0.3) is 0 Å². The first kappa shape index (κ1) is 15.6. The molecule has 0 aliphatic carbocycles. The highest BCUT2D eigenvalue weighted by Crippen LogP contribution is 2.21. The van der Waals surface area contributed by atoms with Crippen molar-refractivity contribution in [1.82, 2.24) is 0 Å². The molecule has 0 saturated carbocycles. The Balaban J connectivity index is 2.21. The second kappa shape index (κ2) is 6.30. The smallest absolute Gasteiger partial charge is 0.337 e. The topological polar surface area (TPSA) is 78.4 Å². The first-order valence-electron chi connectivity index (χ1n) is 6.86. The molecule has 0 bridgehead atoms. The summed E-state index contributed by atoms with van der Waals surface area (Å²) >= 11 is 0. The van der Waals surface area contributed by atoms with Gasteiger partial charge in [-0.2, -0.15) is 0 Å². The van der Waals surface area contributed by atoms with E-state index >= 15 is 0 Å². The Bertz CT molecular complexity index is 718. The van der Waals surface area contributed by atoms with Crippen LogP contribution in [-0.2, 0) is 0 Å². The van der Waals surface area contributed by atoms with Crippen molar-refractivity contribution in [3.63, 3.8) is 0 Å². The van der Waals surface area contributed by atoms with Gasteiger partial charge in [-0.15, -0.1) is 0 Å². The molecule has 2 amide bonds. The van der Waals surface area contributed by atoms with Gasteiger partial charge in [-0.1, -0.05) is 29.8 Å². The first-order chi connectivity index (χ1) is 10.4. The number of amides is 2. The number of aryl methyl sites for hydroxylation is 3. The number of urea groups is 1. The molecule has 5 nitrogen and oxygen atoms in total. The Morgan fingerprint density at radius 3 is 2.18 bits per heavy atom. The molecule has 2 aromatic rings. The predicted molar refractivity (Wildman–Crippen MR) is 86.7 cm³/mol. The highest BCUT2D eigenvalue weighted by molar-refractivity contribution is 6.05. The van der Waals surface area contributed by atoms with E-state index < -0.39 is 12.0 Å². The third-order valence-corrected chi connectivity index (χ3v) is 3.37. The standard InChI is InChI=1S/C17H18N2O3/c1-10-7-8-14(13(9-10)16(20)21)18-17(22)19-15-11(2)5-4-6-12(15)3/h4-9H,1-3H3,(H,20,21)(H2,18,19,22). The lowest BCUT2D eigenvalue weighted by molar-refractivity contribution is 0.0698. The summed E-state index contributed by atoms with van der Waals surface area (Å²) in [5.41, 5.74) is 3.76. The Morgan fingerprint density at radius 1 is 0.955 bits per heavy atom. The van der Waals surface area contributed by atoms with Crippen LogP contribution in [0.15, 0.2) is 36.4 Å². The number of carbonyl (C=O) groups excluding carboxylic acids is 1. The summed E-state index contributed by atoms with van der Waals surface area (Å²) in [6.45, 7) is 5.60. The van der Waals surface area contributed by atoms with Crippen molar-refractivity contribution in [3.8, 4) is 0 Å². The highest BCUT2D eigenvalue weighted by Gasteiger charge is 2.13. The van der Waals surface area contributed by atoms with Gasteiger partial charge in [-0.3, -0.25) is 0 Å². The van der Waals surface area contributed by atoms with Crippen molar-refractivity contribution in [1.29, 1.82) is 0 Å². The van der Waals surface area contributed by atoms with Gasteiger partial charge in [0.1, 0.15) is 0 Å². The maximum Gasteiger partial charge on any atom is 0.337 e. The molecule has 2 aromatic carbocycles. The molecule has 0 spiro atoms. The molecule has 3 N–H and O–H groups in total. The molecule has 114 valence electrons. The second-order valence-electron chi connectivity index (χ2n) is 5.20. The summed E-state index contributed by atoms with van der Waals surface area (Å²) in [7, 11) is 0. The molecule has 0 saturated heterocycles. The van der Waals surface area contributed by atoms with Crippen molar-refractivity contribution in [2.24, 2.45) is 0 Å². The van der Waals surface area contributed by atoms with E-state index in [-0.39, 0.29) is 11.3 Å². The van der Waals surface area contributed by atoms with E-state index in [1.807, 2.05) is 32.0 Å². The predicted octanol–water partition coefficient (Wildman–Crippen LogP) is 3.95. The zero-order valence-electron chi connectivity index (χ0n) is 12.7. The SMILES string of the molecule is Cc1ccc(NC(=O)Nc2c(C)cccc2C)c(C(=O)O)c1. The van der Waals surface area contributed by atoms with Gasteiger partial charge in [0.05, 0.1) is 11.3 Å². The Kier molecular flexibility index (Phi) is 4.46. The van der Waals surface area contributed by atoms with Gasteiger partial charge in [-0.25, -0.2) is 9.59 Å². The number of rotatable bonds is 3. The van der Waals surface area contributed by atoms with E-state index in [1.54, 1.807) is 19.1 Å². The van der Waals surface area contributed by atoms with Crippen LogP contribution < -0.4 is 10.6 Å². The minimum absolute atomic E-state index is 0.0663. The maximum atomic E-state index is 12.1. The van der Waals surface area contributed by atoms with E-state index in [1.165, 1.54) is 6.07 Å². The fraction of sp³-hybridized carbons (Fsp3) is 0.176. The molecule has 22 heavy (non-hydrogen) atoms. The van der Waals surface area contributed by atoms with Crippen LogP contribution >= 0.6 is 0 Å². The van der Waals surface area contributed by atoms with Gasteiger partial charge in [0, 0.05) is 5.69 Å². The number of nitrogens with one attached hydrogen (secondary N) is 2. The summed E-state index contributed by atoms with van der Waals surface area (Å²) in [6.07, 6.45) is 0. The third-order valence-electron chi connectivity index (χ3n) is 3.37. The van der Waals surface area contributed by atoms with Crippen molar-refractivity contribution >= 4 is 23.4 Å². The maximum absolute atomic E-state index is 12.1. The number of carbonyl (C=O) groups is 2. The first-order valence-corrected chi connectivity index (χ1v) is 6.86. The van der Waals surface area contributed by atoms with Crippen molar-refractivity contribution in [2.45, 2.75) is 20.8 Å². The third kappa shape index (κ3) is 3.44. The van der Waals surface area contributed by atoms with Gasteiger partial charge >= 0.3 is 12.0 Å². The van der Waals surface area contributed by atoms with Crippen LogP contribution in [0, 0.1) is 20.8 Å². The normalized spacial score (nSPS) is 10.1. The minimum Gasteiger partial charge on any atom is -0.478 e. The fourth-order valence-corrected chi connectivity index (χ4v) is 2.22. The van der Waals surface area contributed by atoms with E-state index in [0.29, 0.717) is 0 Å². The van der Waals surface area contributed by atoms with Crippen LogP contribution in [0.1, 0.15) is 27.0 Å². The summed E-state index contributed by atoms with van der Waals surface area (Å²) in [4.78, 5) is 23.4. The molecule has 0 aliphatic rings. The molecule has 2 rings (SSSR count). The molecule has 0 unspecified atom stereocenters. The number of carboxylic acid groups (broad SMARTS) is 1. The lowest BCUT2D eigenvalue weighted by Crippen LogP contribution is -2.22. The number of carboxylic acids is 1. The lowest BCUT2D eigenvalue weighted by Gasteiger charge is -2.13. The molecule has 0 radical (unpaired) electrons. The van der Waals surface area contributed by atoms with E-state index in [0.717, 1.165) is 22.4 Å². The van der Waals surface area contributed by atoms with Crippen molar-refractivity contribution in [3.05, 3.63) is 58.7 Å². The van der Waals surface area contributed by atoms with Crippen LogP contribution in [0.5, 0.6) is 0 Å². The average molecular weight is 298 g/mol. The number of para-hydroxylation sites is 1. The quantitative estimate of drug-likeness (QED) is 0.802. The summed E-state index contributed by atoms with van der Waals surface area (Å²) < 4.78 is 0. The molecular weight excluding hydrogens is 280 g/mol. The molecular formula is C17H18N2O3. The Morgan fingerprint density at radius 2 is 1.59 bits per heavy atom. The Hall–Kier alpha value is -2.82. The zero-order valence-corrected chi connectivity index (χ0v) is 12.7. The zero-order chi connectivity index (χ0) is 16.3. The van der Waals surface area contributed by atoms with Crippen LogP contribution in [0.3, 0.4) is 0 Å². The Labute approximate surface area is 129 Å². The van der Waals surface area contributed by atoms with Crippen LogP contribution in [0.4, 0.5) is 16.2 Å². The van der Waals surface area contributed by atoms with Crippen LogP contribution in [0.2, 0.25) is 0 Å². The molecule has 0 atom stereocenters. The molecule has 0 aromatic heterocycles. The number of benzene rings is 2. The molecule has 0 aliphatic heterocycles. The number of anilines is 2. The monoisotopic (exact) mass is 298 g/mol. The molecule has 0 heterocycles. The number of hydrogen-bond donors (Lipinski definition) is 3. The summed E-state index contributed by atoms with van der Waals surface area (Å²) in [5, 5.41) is 14.6. The van der Waals surface area contributed by atoms with Crippen LogP contribution in [-0.4, -0.2) is 17.1 Å². The van der Waals surface area contributed by atoms with Crippen molar-refractivity contribution in [2.75, 3.05) is 10.6 Å². The van der Waals surface area contributed by atoms with E-state index in [9.17, 15) is 14.7 Å². The second-order valence-corrected chi connectivity index (χ2v) is 5.20. The van der Waals surface area contributed by atoms with Gasteiger partial charge < -0.3 is 15.7 Å². The fourth-order valence-electron chi connectivity index (χ4n) is 2.22. The van der Waals surface area contributed by atoms with E-state index in [4.69, 9.17) is 0 Å². The number of hydrogen-bond acceptors (Lipinski definition) is 2. The molecule has 5 heteroatoms. The van der Waals surface area contributed by atoms with E-state index in [2.05, 4.69) is 10.6 Å². The number of aromatic carboxylic acids is 1. The van der Waals surface area contributed by atoms with Gasteiger partial charge in [0.15, 0.2) is 0 Å². The average Bonchev–Trinajstić information content (AvgIpc) is 2.45. The van der Waals surface area contributed by atoms with Gasteiger partial charge in [0.2, 0.25) is 0 Å². The summed E-state index contributed by atoms with van der Waals surface area (Å²) in [6, 6.07) is 10.1. The summed E-state index contributed by atoms with van der Waals surface area (Å²) in [5.74, 6) is -1.08.